The number of aliphatic hydroxyl groups is 1. The third-order valence-electron chi connectivity index (χ3n) is 3.12. The number of halogens is 1. The summed E-state index contributed by atoms with van der Waals surface area (Å²) in [6.07, 6.45) is 2.86. The first-order valence-corrected chi connectivity index (χ1v) is 8.22. The maximum Gasteiger partial charge on any atom is 0.230 e. The highest BCUT2D eigenvalue weighted by Crippen LogP contribution is 2.31. The molecule has 1 saturated carbocycles. The minimum atomic E-state index is -0.329. The molecule has 0 radical (unpaired) electrons. The molecule has 1 aromatic heterocycles. The predicted octanol–water partition coefficient (Wildman–Crippen LogP) is 2.67. The van der Waals surface area contributed by atoms with Crippen molar-refractivity contribution in [3.63, 3.8) is 0 Å². The normalized spacial score (nSPS) is 17.2. The van der Waals surface area contributed by atoms with E-state index in [1.54, 1.807) is 23.1 Å². The number of hydrogen-bond acceptors (Lipinski definition) is 4. The van der Waals surface area contributed by atoms with Crippen LogP contribution in [0.25, 0.3) is 0 Å². The lowest BCUT2D eigenvalue weighted by Crippen LogP contribution is -2.56. The van der Waals surface area contributed by atoms with Crippen molar-refractivity contribution in [1.82, 2.24) is 5.32 Å². The van der Waals surface area contributed by atoms with Crippen LogP contribution in [-0.4, -0.2) is 28.9 Å². The van der Waals surface area contributed by atoms with E-state index in [9.17, 15) is 9.90 Å². The number of thioether (sulfide) groups is 1. The molecule has 3 nitrogen and oxygen atoms in total. The average molecular weight is 306 g/mol. The molecule has 0 atom stereocenters. The van der Waals surface area contributed by atoms with Gasteiger partial charge in [0.1, 0.15) is 0 Å². The highest BCUT2D eigenvalue weighted by Gasteiger charge is 2.37. The predicted molar refractivity (Wildman–Crippen MR) is 77.3 cm³/mol. The van der Waals surface area contributed by atoms with Crippen molar-refractivity contribution in [2.75, 3.05) is 12.4 Å². The van der Waals surface area contributed by atoms with Gasteiger partial charge in [0.2, 0.25) is 5.91 Å². The van der Waals surface area contributed by atoms with Crippen LogP contribution in [0.4, 0.5) is 0 Å². The molecule has 2 N–H and O–H groups in total. The van der Waals surface area contributed by atoms with E-state index in [0.717, 1.165) is 29.4 Å². The first kappa shape index (κ1) is 14.2. The second-order valence-electron chi connectivity index (χ2n) is 4.54. The molecule has 0 bridgehead atoms. The number of thiophene rings is 1. The van der Waals surface area contributed by atoms with Gasteiger partial charge in [-0.3, -0.25) is 4.79 Å². The summed E-state index contributed by atoms with van der Waals surface area (Å²) in [5, 5.41) is 12.2. The van der Waals surface area contributed by atoms with Crippen LogP contribution in [0.2, 0.25) is 4.34 Å². The minimum absolute atomic E-state index is 0.0106. The lowest BCUT2D eigenvalue weighted by molar-refractivity contribution is -0.122. The summed E-state index contributed by atoms with van der Waals surface area (Å²) in [6.45, 7) is 0.0456. The zero-order valence-corrected chi connectivity index (χ0v) is 12.3. The Morgan fingerprint density at radius 1 is 1.56 bits per heavy atom. The lowest BCUT2D eigenvalue weighted by Gasteiger charge is -2.40. The second kappa shape index (κ2) is 6.28. The molecule has 1 amide bonds. The van der Waals surface area contributed by atoms with Gasteiger partial charge in [-0.15, -0.1) is 23.1 Å². The van der Waals surface area contributed by atoms with Gasteiger partial charge in [0.15, 0.2) is 0 Å². The van der Waals surface area contributed by atoms with Gasteiger partial charge in [0.25, 0.3) is 0 Å². The van der Waals surface area contributed by atoms with Gasteiger partial charge in [0.05, 0.1) is 22.2 Å². The van der Waals surface area contributed by atoms with Crippen molar-refractivity contribution >= 4 is 40.6 Å². The van der Waals surface area contributed by atoms with Crippen LogP contribution >= 0.6 is 34.7 Å². The average Bonchev–Trinajstić information content (AvgIpc) is 2.70. The molecule has 0 aliphatic heterocycles. The van der Waals surface area contributed by atoms with Gasteiger partial charge >= 0.3 is 0 Å². The van der Waals surface area contributed by atoms with Crippen LogP contribution < -0.4 is 5.32 Å². The Kier molecular flexibility index (Phi) is 4.95. The minimum Gasteiger partial charge on any atom is -0.394 e. The van der Waals surface area contributed by atoms with Crippen molar-refractivity contribution in [1.29, 1.82) is 0 Å². The molecule has 1 fully saturated rings. The largest absolute Gasteiger partial charge is 0.394 e. The Hall–Kier alpha value is -0.230. The summed E-state index contributed by atoms with van der Waals surface area (Å²) in [6, 6.07) is 3.86. The molecule has 1 heterocycles. The van der Waals surface area contributed by atoms with Crippen LogP contribution in [0.5, 0.6) is 0 Å². The molecule has 2 rings (SSSR count). The molecule has 0 unspecified atom stereocenters. The smallest absolute Gasteiger partial charge is 0.230 e. The molecule has 1 aliphatic carbocycles. The van der Waals surface area contributed by atoms with Crippen molar-refractivity contribution in [2.24, 2.45) is 0 Å². The monoisotopic (exact) mass is 305 g/mol. The summed E-state index contributed by atoms with van der Waals surface area (Å²) in [7, 11) is 0. The van der Waals surface area contributed by atoms with Gasteiger partial charge in [-0.05, 0) is 31.4 Å². The van der Waals surface area contributed by atoms with E-state index in [4.69, 9.17) is 11.6 Å². The molecular formula is C12H16ClNO2S2. The fourth-order valence-corrected chi connectivity index (χ4v) is 3.96. The summed E-state index contributed by atoms with van der Waals surface area (Å²) >= 11 is 8.95. The third kappa shape index (κ3) is 3.63. The maximum absolute atomic E-state index is 11.7. The third-order valence-corrected chi connectivity index (χ3v) is 5.52. The summed E-state index contributed by atoms with van der Waals surface area (Å²) in [4.78, 5) is 12.9. The number of hydrogen-bond donors (Lipinski definition) is 2. The number of aliphatic hydroxyl groups excluding tert-OH is 1. The van der Waals surface area contributed by atoms with Crippen LogP contribution in [0.15, 0.2) is 12.1 Å². The highest BCUT2D eigenvalue weighted by atomic mass is 35.5. The first-order chi connectivity index (χ1) is 8.63. The Balaban J connectivity index is 1.69. The van der Waals surface area contributed by atoms with Crippen LogP contribution in [0.3, 0.4) is 0 Å². The number of carbonyl (C=O) groups is 1. The fourth-order valence-electron chi connectivity index (χ4n) is 1.93. The van der Waals surface area contributed by atoms with Crippen molar-refractivity contribution in [2.45, 2.75) is 30.6 Å². The summed E-state index contributed by atoms with van der Waals surface area (Å²) < 4.78 is 0.781. The first-order valence-electron chi connectivity index (χ1n) is 5.87. The fraction of sp³-hybridized carbons (Fsp3) is 0.583. The zero-order chi connectivity index (χ0) is 13.0. The molecule has 6 heteroatoms. The van der Waals surface area contributed by atoms with E-state index in [-0.39, 0.29) is 18.1 Å². The van der Waals surface area contributed by atoms with Crippen molar-refractivity contribution < 1.29 is 9.90 Å². The number of rotatable bonds is 6. The van der Waals surface area contributed by atoms with Gasteiger partial charge < -0.3 is 10.4 Å². The Bertz CT molecular complexity index is 412. The molecule has 0 saturated heterocycles. The number of carbonyl (C=O) groups excluding carboxylic acids is 1. The summed E-state index contributed by atoms with van der Waals surface area (Å²) in [5.41, 5.74) is -0.329. The molecule has 0 aromatic carbocycles. The number of nitrogens with one attached hydrogen (secondary N) is 1. The van der Waals surface area contributed by atoms with E-state index in [0.29, 0.717) is 5.75 Å². The van der Waals surface area contributed by atoms with E-state index in [2.05, 4.69) is 5.32 Å². The standard InChI is InChI=1S/C12H16ClNO2S2/c13-10-3-2-9(18-10)6-17-7-11(16)14-12(8-15)4-1-5-12/h2-3,15H,1,4-8H2,(H,14,16). The lowest BCUT2D eigenvalue weighted by atomic mass is 9.77. The maximum atomic E-state index is 11.7. The molecular weight excluding hydrogens is 290 g/mol. The molecule has 1 aromatic rings. The van der Waals surface area contributed by atoms with Crippen molar-refractivity contribution in [3.8, 4) is 0 Å². The van der Waals surface area contributed by atoms with Crippen LogP contribution in [0, 0.1) is 0 Å². The highest BCUT2D eigenvalue weighted by molar-refractivity contribution is 7.99. The van der Waals surface area contributed by atoms with Gasteiger partial charge in [-0.1, -0.05) is 11.6 Å². The van der Waals surface area contributed by atoms with E-state index < -0.39 is 0 Å². The van der Waals surface area contributed by atoms with Crippen LogP contribution in [0.1, 0.15) is 24.1 Å². The number of amides is 1. The topological polar surface area (TPSA) is 49.3 Å². The van der Waals surface area contributed by atoms with Gasteiger partial charge in [-0.2, -0.15) is 0 Å². The zero-order valence-electron chi connectivity index (χ0n) is 9.95. The molecule has 100 valence electrons. The Morgan fingerprint density at radius 2 is 2.33 bits per heavy atom. The molecule has 1 aliphatic rings. The van der Waals surface area contributed by atoms with Gasteiger partial charge in [0, 0.05) is 10.6 Å². The van der Waals surface area contributed by atoms with Crippen LogP contribution in [-0.2, 0) is 10.5 Å². The summed E-state index contributed by atoms with van der Waals surface area (Å²) in [5.74, 6) is 1.24. The Morgan fingerprint density at radius 3 is 2.83 bits per heavy atom. The quantitative estimate of drug-likeness (QED) is 0.849. The Labute approximate surface area is 120 Å². The van der Waals surface area contributed by atoms with Gasteiger partial charge in [-0.25, -0.2) is 0 Å². The SMILES string of the molecule is O=C(CSCc1ccc(Cl)s1)NC1(CO)CCC1. The van der Waals surface area contributed by atoms with Crippen molar-refractivity contribution in [3.05, 3.63) is 21.3 Å². The van der Waals surface area contributed by atoms with E-state index in [1.165, 1.54) is 4.88 Å². The second-order valence-corrected chi connectivity index (χ2v) is 7.32. The van der Waals surface area contributed by atoms with E-state index >= 15 is 0 Å². The molecule has 0 spiro atoms. The molecule has 18 heavy (non-hydrogen) atoms. The van der Waals surface area contributed by atoms with E-state index in [1.807, 2.05) is 12.1 Å².